The molecule has 0 N–H and O–H groups in total. The van der Waals surface area contributed by atoms with Gasteiger partial charge in [-0.2, -0.15) is 0 Å². The molecule has 0 spiro atoms. The van der Waals surface area contributed by atoms with E-state index in [1.54, 1.807) is 11.3 Å². The second-order valence-electron chi connectivity index (χ2n) is 3.43. The lowest BCUT2D eigenvalue weighted by atomic mass is 10.2. The molecule has 2 nitrogen and oxygen atoms in total. The predicted molar refractivity (Wildman–Crippen MR) is 61.8 cm³/mol. The fourth-order valence-corrected chi connectivity index (χ4v) is 2.68. The Morgan fingerprint density at radius 1 is 1.00 bits per heavy atom. The van der Waals surface area contributed by atoms with Gasteiger partial charge in [0.05, 0.1) is 18.4 Å². The zero-order chi connectivity index (χ0) is 10.1. The first-order valence-corrected chi connectivity index (χ1v) is 5.79. The van der Waals surface area contributed by atoms with Crippen LogP contribution in [0.3, 0.4) is 0 Å². The summed E-state index contributed by atoms with van der Waals surface area (Å²) < 4.78 is 1.08. The van der Waals surface area contributed by atoms with Crippen LogP contribution < -0.4 is 10.0 Å². The highest BCUT2D eigenvalue weighted by atomic mass is 32.1. The van der Waals surface area contributed by atoms with Crippen molar-refractivity contribution in [3.63, 3.8) is 0 Å². The summed E-state index contributed by atoms with van der Waals surface area (Å²) in [6.45, 7) is 1.67. The van der Waals surface area contributed by atoms with Crippen molar-refractivity contribution >= 4 is 11.3 Å². The van der Waals surface area contributed by atoms with E-state index in [1.165, 1.54) is 10.4 Å². The molecule has 0 saturated carbocycles. The minimum absolute atomic E-state index is 0.831. The molecule has 0 bridgehead atoms. The quantitative estimate of drug-likeness (QED) is 0.690. The van der Waals surface area contributed by atoms with E-state index in [0.29, 0.717) is 0 Å². The number of thiophene rings is 1. The number of nitrogens with zero attached hydrogens (tertiary/aromatic N) is 2. The zero-order valence-corrected chi connectivity index (χ0v) is 9.00. The van der Waals surface area contributed by atoms with Crippen LogP contribution in [0.1, 0.15) is 0 Å². The van der Waals surface area contributed by atoms with Crippen LogP contribution in [-0.2, 0) is 0 Å². The Bertz CT molecular complexity index is 550. The van der Waals surface area contributed by atoms with Gasteiger partial charge in [-0.3, -0.25) is 9.98 Å². The van der Waals surface area contributed by atoms with Crippen LogP contribution in [0.4, 0.5) is 0 Å². The van der Waals surface area contributed by atoms with Gasteiger partial charge in [0.1, 0.15) is 4.67 Å². The van der Waals surface area contributed by atoms with Gasteiger partial charge in [0.2, 0.25) is 0 Å². The van der Waals surface area contributed by atoms with Gasteiger partial charge in [-0.1, -0.05) is 30.3 Å². The van der Waals surface area contributed by atoms with Crippen molar-refractivity contribution in [2.45, 2.75) is 0 Å². The van der Waals surface area contributed by atoms with E-state index in [2.05, 4.69) is 40.3 Å². The molecule has 1 aromatic heterocycles. The van der Waals surface area contributed by atoms with Gasteiger partial charge >= 0.3 is 0 Å². The van der Waals surface area contributed by atoms with Crippen LogP contribution in [0.5, 0.6) is 0 Å². The second kappa shape index (κ2) is 3.59. The Morgan fingerprint density at radius 3 is 2.60 bits per heavy atom. The van der Waals surface area contributed by atoms with E-state index in [4.69, 9.17) is 0 Å². The summed E-state index contributed by atoms with van der Waals surface area (Å²) >= 11 is 1.73. The van der Waals surface area contributed by atoms with Gasteiger partial charge < -0.3 is 0 Å². The average Bonchev–Trinajstić information content (AvgIpc) is 2.74. The lowest BCUT2D eigenvalue weighted by Gasteiger charge is -1.93. The third-order valence-corrected chi connectivity index (χ3v) is 3.49. The Labute approximate surface area is 91.6 Å². The van der Waals surface area contributed by atoms with Crippen LogP contribution >= 0.6 is 11.3 Å². The van der Waals surface area contributed by atoms with Crippen molar-refractivity contribution in [1.29, 1.82) is 0 Å². The van der Waals surface area contributed by atoms with Crippen molar-refractivity contribution in [1.82, 2.24) is 0 Å². The third-order valence-electron chi connectivity index (χ3n) is 2.39. The van der Waals surface area contributed by atoms with E-state index in [1.807, 2.05) is 6.07 Å². The van der Waals surface area contributed by atoms with Crippen molar-refractivity contribution < 1.29 is 0 Å². The van der Waals surface area contributed by atoms with E-state index < -0.39 is 0 Å². The first-order chi connectivity index (χ1) is 7.43. The highest BCUT2D eigenvalue weighted by molar-refractivity contribution is 7.13. The molecule has 3 heteroatoms. The summed E-state index contributed by atoms with van der Waals surface area (Å²) in [5.74, 6) is 0. The van der Waals surface area contributed by atoms with Gasteiger partial charge in [0.25, 0.3) is 0 Å². The van der Waals surface area contributed by atoms with E-state index >= 15 is 0 Å². The lowest BCUT2D eigenvalue weighted by molar-refractivity contribution is 0.880. The highest BCUT2D eigenvalue weighted by Gasteiger charge is 2.04. The molecule has 1 aromatic carbocycles. The Morgan fingerprint density at radius 2 is 1.80 bits per heavy atom. The summed E-state index contributed by atoms with van der Waals surface area (Å²) in [6, 6.07) is 12.5. The molecule has 0 radical (unpaired) electrons. The maximum absolute atomic E-state index is 4.46. The largest absolute Gasteiger partial charge is 0.280 e. The van der Waals surface area contributed by atoms with Gasteiger partial charge in [0, 0.05) is 4.88 Å². The van der Waals surface area contributed by atoms with Crippen LogP contribution in [0.15, 0.2) is 46.4 Å². The molecule has 15 heavy (non-hydrogen) atoms. The molecule has 2 aromatic rings. The van der Waals surface area contributed by atoms with Crippen molar-refractivity contribution in [3.8, 4) is 10.4 Å². The molecule has 0 saturated heterocycles. The van der Waals surface area contributed by atoms with Crippen molar-refractivity contribution in [3.05, 3.63) is 46.4 Å². The summed E-state index contributed by atoms with van der Waals surface area (Å²) in [5, 5.41) is 1.06. The molecule has 0 atom stereocenters. The summed E-state index contributed by atoms with van der Waals surface area (Å²) in [5.41, 5.74) is 1.25. The maximum Gasteiger partial charge on any atom is 0.136 e. The Balaban J connectivity index is 2.20. The molecule has 0 unspecified atom stereocenters. The van der Waals surface area contributed by atoms with Crippen molar-refractivity contribution in [2.75, 3.05) is 13.1 Å². The molecule has 2 heterocycles. The molecule has 0 fully saturated rings. The average molecular weight is 214 g/mol. The molecular weight excluding hydrogens is 204 g/mol. The van der Waals surface area contributed by atoms with Crippen LogP contribution in [-0.4, -0.2) is 13.1 Å². The van der Waals surface area contributed by atoms with Crippen molar-refractivity contribution in [2.24, 2.45) is 9.98 Å². The van der Waals surface area contributed by atoms with E-state index in [9.17, 15) is 0 Å². The normalized spacial score (nSPS) is 13.9. The highest BCUT2D eigenvalue weighted by Crippen LogP contribution is 2.19. The number of benzene rings is 1. The zero-order valence-electron chi connectivity index (χ0n) is 8.18. The molecule has 1 aliphatic rings. The fourth-order valence-electron chi connectivity index (χ4n) is 1.67. The number of hydrogen-bond donors (Lipinski definition) is 0. The predicted octanol–water partition coefficient (Wildman–Crippen LogP) is 1.67. The smallest absolute Gasteiger partial charge is 0.136 e. The summed E-state index contributed by atoms with van der Waals surface area (Å²) in [4.78, 5) is 10.2. The minimum Gasteiger partial charge on any atom is -0.280 e. The Hall–Kier alpha value is -1.48. The van der Waals surface area contributed by atoms with Gasteiger partial charge in [-0.25, -0.2) is 0 Å². The van der Waals surface area contributed by atoms with Crippen LogP contribution in [0, 0.1) is 0 Å². The molecule has 0 amide bonds. The molecule has 1 aliphatic heterocycles. The molecular formula is C12H10N2S. The minimum atomic E-state index is 0.831. The first-order valence-electron chi connectivity index (χ1n) is 4.98. The number of rotatable bonds is 1. The van der Waals surface area contributed by atoms with Gasteiger partial charge in [-0.05, 0) is 11.6 Å². The number of hydrogen-bond acceptors (Lipinski definition) is 3. The molecule has 74 valence electrons. The maximum atomic E-state index is 4.46. The van der Waals surface area contributed by atoms with E-state index in [0.717, 1.165) is 23.1 Å². The monoisotopic (exact) mass is 214 g/mol. The topological polar surface area (TPSA) is 24.7 Å². The van der Waals surface area contributed by atoms with Gasteiger partial charge in [-0.15, -0.1) is 11.3 Å². The number of fused-ring (bicyclic) bond motifs is 1. The van der Waals surface area contributed by atoms with E-state index in [-0.39, 0.29) is 0 Å². The first kappa shape index (κ1) is 8.80. The Kier molecular flexibility index (Phi) is 2.10. The van der Waals surface area contributed by atoms with Crippen LogP contribution in [0.25, 0.3) is 10.4 Å². The lowest BCUT2D eigenvalue weighted by Crippen LogP contribution is -2.24. The second-order valence-corrected chi connectivity index (χ2v) is 4.46. The third kappa shape index (κ3) is 1.59. The SMILES string of the molecule is c1ccc(-c2cc3c(s2)=NCCN=3)cc1. The fraction of sp³-hybridized carbons (Fsp3) is 0.167. The summed E-state index contributed by atoms with van der Waals surface area (Å²) in [7, 11) is 0. The summed E-state index contributed by atoms with van der Waals surface area (Å²) in [6.07, 6.45) is 0. The standard InChI is InChI=1S/C12H10N2S/c1-2-4-9(5-3-1)11-8-10-12(15-11)14-7-6-13-10/h1-5,8H,6-7H2. The van der Waals surface area contributed by atoms with Gasteiger partial charge in [0.15, 0.2) is 0 Å². The molecule has 0 aliphatic carbocycles. The molecule has 3 rings (SSSR count). The van der Waals surface area contributed by atoms with Crippen LogP contribution in [0.2, 0.25) is 0 Å².